The van der Waals surface area contributed by atoms with Crippen molar-refractivity contribution in [1.29, 1.82) is 0 Å². The molecule has 3 aromatic rings. The van der Waals surface area contributed by atoms with Crippen molar-refractivity contribution in [1.82, 2.24) is 19.8 Å². The molecule has 0 bridgehead atoms. The van der Waals surface area contributed by atoms with Crippen molar-refractivity contribution in [2.24, 2.45) is 5.92 Å². The van der Waals surface area contributed by atoms with Crippen LogP contribution in [-0.2, 0) is 24.2 Å². The summed E-state index contributed by atoms with van der Waals surface area (Å²) in [6, 6.07) is 10.2. The number of hydrogen-bond donors (Lipinski definition) is 1. The van der Waals surface area contributed by atoms with Gasteiger partial charge < -0.3 is 9.88 Å². The van der Waals surface area contributed by atoms with Crippen molar-refractivity contribution in [2.45, 2.75) is 58.4 Å². The third-order valence-corrected chi connectivity index (χ3v) is 8.75. The van der Waals surface area contributed by atoms with E-state index in [2.05, 4.69) is 35.9 Å². The fourth-order valence-corrected chi connectivity index (χ4v) is 6.71. The Labute approximate surface area is 205 Å². The minimum absolute atomic E-state index is 0.00692. The van der Waals surface area contributed by atoms with Crippen LogP contribution in [0.1, 0.15) is 60.9 Å². The molecule has 1 N–H and O–H groups in total. The molecular weight excluding hydrogens is 444 g/mol. The molecule has 2 aromatic heterocycles. The number of rotatable bonds is 6. The van der Waals surface area contributed by atoms with E-state index in [9.17, 15) is 9.59 Å². The number of amides is 1. The van der Waals surface area contributed by atoms with Crippen LogP contribution in [0.15, 0.2) is 35.1 Å². The lowest BCUT2D eigenvalue weighted by molar-refractivity contribution is -0.135. The molecule has 6 nitrogen and oxygen atoms in total. The summed E-state index contributed by atoms with van der Waals surface area (Å²) in [5.41, 5.74) is 2.35. The standard InChI is InChI=1S/C27H34N4O2S/c1-3-18(2)23(19-9-5-4-6-10-19)27(33)31-15-13-30(14-16-31)17-22-28-25(32)24-20-11-7-8-12-21(20)34-26(24)29-22/h4-6,9-10,18,23H,3,7-8,11-17H2,1-2H3,(H,28,29,32). The Balaban J connectivity index is 1.26. The van der Waals surface area contributed by atoms with Crippen molar-refractivity contribution in [2.75, 3.05) is 26.2 Å². The number of carbonyl (C=O) groups excluding carboxylic acids is 1. The topological polar surface area (TPSA) is 69.3 Å². The molecule has 2 unspecified atom stereocenters. The summed E-state index contributed by atoms with van der Waals surface area (Å²) in [6.07, 6.45) is 5.40. The zero-order valence-corrected chi connectivity index (χ0v) is 21.0. The normalized spacial score (nSPS) is 18.6. The Morgan fingerprint density at radius 3 is 2.59 bits per heavy atom. The van der Waals surface area contributed by atoms with Crippen molar-refractivity contribution >= 4 is 27.5 Å². The van der Waals surface area contributed by atoms with Crippen molar-refractivity contribution in [3.63, 3.8) is 0 Å². The van der Waals surface area contributed by atoms with Gasteiger partial charge in [0.15, 0.2) is 0 Å². The van der Waals surface area contributed by atoms with Crippen LogP contribution in [0.4, 0.5) is 0 Å². The number of benzene rings is 1. The molecule has 3 heterocycles. The first-order chi connectivity index (χ1) is 16.5. The lowest BCUT2D eigenvalue weighted by Crippen LogP contribution is -2.50. The van der Waals surface area contributed by atoms with E-state index in [-0.39, 0.29) is 17.4 Å². The first kappa shape index (κ1) is 23.2. The molecule has 1 fully saturated rings. The highest BCUT2D eigenvalue weighted by Gasteiger charge is 2.32. The molecule has 1 aliphatic carbocycles. The van der Waals surface area contributed by atoms with Gasteiger partial charge in [-0.25, -0.2) is 4.98 Å². The van der Waals surface area contributed by atoms with Crippen LogP contribution in [0, 0.1) is 5.92 Å². The van der Waals surface area contributed by atoms with Crippen molar-refractivity contribution < 1.29 is 4.79 Å². The first-order valence-electron chi connectivity index (χ1n) is 12.6. The Kier molecular flexibility index (Phi) is 6.84. The molecule has 34 heavy (non-hydrogen) atoms. The Morgan fingerprint density at radius 2 is 1.85 bits per heavy atom. The van der Waals surface area contributed by atoms with Crippen LogP contribution in [0.2, 0.25) is 0 Å². The van der Waals surface area contributed by atoms with E-state index >= 15 is 0 Å². The van der Waals surface area contributed by atoms with E-state index in [0.717, 1.165) is 60.4 Å². The molecule has 7 heteroatoms. The lowest BCUT2D eigenvalue weighted by atomic mass is 9.84. The lowest BCUT2D eigenvalue weighted by Gasteiger charge is -2.37. The molecule has 0 spiro atoms. The van der Waals surface area contributed by atoms with E-state index in [0.29, 0.717) is 25.6 Å². The minimum Gasteiger partial charge on any atom is -0.340 e. The molecule has 1 saturated heterocycles. The highest BCUT2D eigenvalue weighted by molar-refractivity contribution is 7.18. The summed E-state index contributed by atoms with van der Waals surface area (Å²) >= 11 is 1.70. The van der Waals surface area contributed by atoms with Gasteiger partial charge in [-0.1, -0.05) is 50.6 Å². The van der Waals surface area contributed by atoms with Crippen LogP contribution in [0.25, 0.3) is 10.2 Å². The average molecular weight is 479 g/mol. The third-order valence-electron chi connectivity index (χ3n) is 7.57. The van der Waals surface area contributed by atoms with Crippen molar-refractivity contribution in [3.05, 3.63) is 62.5 Å². The maximum atomic E-state index is 13.5. The van der Waals surface area contributed by atoms with Crippen LogP contribution in [0.5, 0.6) is 0 Å². The molecule has 0 radical (unpaired) electrons. The first-order valence-corrected chi connectivity index (χ1v) is 13.5. The van der Waals surface area contributed by atoms with E-state index < -0.39 is 0 Å². The van der Waals surface area contributed by atoms with Gasteiger partial charge in [0, 0.05) is 31.1 Å². The molecule has 180 valence electrons. The summed E-state index contributed by atoms with van der Waals surface area (Å²) in [7, 11) is 0. The second-order valence-corrected chi connectivity index (χ2v) is 10.9. The summed E-state index contributed by atoms with van der Waals surface area (Å²) < 4.78 is 0. The Bertz CT molecular complexity index is 1210. The van der Waals surface area contributed by atoms with E-state index in [1.807, 2.05) is 23.1 Å². The molecule has 1 aliphatic heterocycles. The fraction of sp³-hybridized carbons (Fsp3) is 0.519. The summed E-state index contributed by atoms with van der Waals surface area (Å²) in [6.45, 7) is 7.93. The van der Waals surface area contributed by atoms with E-state index in [1.165, 1.54) is 16.9 Å². The maximum absolute atomic E-state index is 13.5. The molecule has 1 amide bonds. The Hall–Kier alpha value is -2.51. The summed E-state index contributed by atoms with van der Waals surface area (Å²) in [5.74, 6) is 1.17. The summed E-state index contributed by atoms with van der Waals surface area (Å²) in [5, 5.41) is 0.816. The molecular formula is C27H34N4O2S. The molecule has 1 aromatic carbocycles. The molecule has 2 aliphatic rings. The quantitative estimate of drug-likeness (QED) is 0.572. The number of piperazine rings is 1. The van der Waals surface area contributed by atoms with Crippen LogP contribution in [0.3, 0.4) is 0 Å². The number of H-pyrrole nitrogens is 1. The third kappa shape index (κ3) is 4.56. The van der Waals surface area contributed by atoms with Gasteiger partial charge in [-0.2, -0.15) is 0 Å². The highest BCUT2D eigenvalue weighted by Crippen LogP contribution is 2.33. The largest absolute Gasteiger partial charge is 0.340 e. The van der Waals surface area contributed by atoms with Crippen LogP contribution >= 0.6 is 11.3 Å². The van der Waals surface area contributed by atoms with E-state index in [1.54, 1.807) is 11.3 Å². The Morgan fingerprint density at radius 1 is 1.12 bits per heavy atom. The number of aryl methyl sites for hydroxylation is 2. The maximum Gasteiger partial charge on any atom is 0.259 e. The van der Waals surface area contributed by atoms with Gasteiger partial charge in [-0.05, 0) is 42.7 Å². The number of carbonyl (C=O) groups is 1. The second-order valence-electron chi connectivity index (χ2n) is 9.78. The monoisotopic (exact) mass is 478 g/mol. The number of nitrogens with zero attached hydrogens (tertiary/aromatic N) is 3. The molecule has 0 saturated carbocycles. The second kappa shape index (κ2) is 10.0. The van der Waals surface area contributed by atoms with Gasteiger partial charge in [0.25, 0.3) is 5.56 Å². The average Bonchev–Trinajstić information content (AvgIpc) is 3.24. The van der Waals surface area contributed by atoms with Gasteiger partial charge in [-0.15, -0.1) is 11.3 Å². The predicted octanol–water partition coefficient (Wildman–Crippen LogP) is 4.34. The number of aromatic amines is 1. The smallest absolute Gasteiger partial charge is 0.259 e. The number of aromatic nitrogens is 2. The fourth-order valence-electron chi connectivity index (χ4n) is 5.43. The van der Waals surface area contributed by atoms with Gasteiger partial charge in [0.2, 0.25) is 5.91 Å². The highest BCUT2D eigenvalue weighted by atomic mass is 32.1. The number of thiophene rings is 1. The van der Waals surface area contributed by atoms with Gasteiger partial charge in [0.05, 0.1) is 17.8 Å². The predicted molar refractivity (Wildman–Crippen MR) is 137 cm³/mol. The molecule has 2 atom stereocenters. The number of nitrogens with one attached hydrogen (secondary N) is 1. The minimum atomic E-state index is -0.0944. The number of fused-ring (bicyclic) bond motifs is 3. The number of hydrogen-bond acceptors (Lipinski definition) is 5. The van der Waals surface area contributed by atoms with Crippen LogP contribution < -0.4 is 5.56 Å². The van der Waals surface area contributed by atoms with Crippen molar-refractivity contribution in [3.8, 4) is 0 Å². The van der Waals surface area contributed by atoms with Crippen LogP contribution in [-0.4, -0.2) is 51.9 Å². The van der Waals surface area contributed by atoms with Gasteiger partial charge in [0.1, 0.15) is 10.7 Å². The zero-order valence-electron chi connectivity index (χ0n) is 20.2. The summed E-state index contributed by atoms with van der Waals surface area (Å²) in [4.78, 5) is 40.8. The van der Waals surface area contributed by atoms with Gasteiger partial charge >= 0.3 is 0 Å². The van der Waals surface area contributed by atoms with E-state index in [4.69, 9.17) is 4.98 Å². The van der Waals surface area contributed by atoms with Gasteiger partial charge in [-0.3, -0.25) is 14.5 Å². The SMILES string of the molecule is CCC(C)C(C(=O)N1CCN(Cc2nc3sc4c(c3c(=O)[nH]2)CCCC4)CC1)c1ccccc1. The molecule has 5 rings (SSSR count). The zero-order chi connectivity index (χ0) is 23.7.